The van der Waals surface area contributed by atoms with E-state index in [2.05, 4.69) is 25.2 Å². The Kier molecular flexibility index (Phi) is 5.88. The first kappa shape index (κ1) is 15.8. The van der Waals surface area contributed by atoms with Crippen molar-refractivity contribution in [1.82, 2.24) is 5.32 Å². The fraction of sp³-hybridized carbons (Fsp3) is 0.647. The lowest BCUT2D eigenvalue weighted by Gasteiger charge is -2.34. The first-order chi connectivity index (χ1) is 9.60. The second kappa shape index (κ2) is 7.44. The van der Waals surface area contributed by atoms with Crippen molar-refractivity contribution in [1.29, 1.82) is 0 Å². The van der Waals surface area contributed by atoms with Crippen LogP contribution in [0.4, 0.5) is 0 Å². The van der Waals surface area contributed by atoms with E-state index >= 15 is 0 Å². The fourth-order valence-electron chi connectivity index (χ4n) is 2.99. The largest absolute Gasteiger partial charge is 0.369 e. The van der Waals surface area contributed by atoms with Crippen LogP contribution in [-0.2, 0) is 4.74 Å². The molecule has 3 heteroatoms. The molecule has 0 spiro atoms. The maximum absolute atomic E-state index is 6.37. The molecule has 1 aromatic rings. The fourth-order valence-corrected chi connectivity index (χ4v) is 3.19. The van der Waals surface area contributed by atoms with Crippen LogP contribution in [0.2, 0.25) is 5.02 Å². The van der Waals surface area contributed by atoms with Gasteiger partial charge in [-0.3, -0.25) is 0 Å². The molecule has 1 aliphatic carbocycles. The van der Waals surface area contributed by atoms with E-state index in [-0.39, 0.29) is 6.10 Å². The molecule has 0 aliphatic heterocycles. The van der Waals surface area contributed by atoms with E-state index in [1.54, 1.807) is 0 Å². The monoisotopic (exact) mass is 295 g/mol. The van der Waals surface area contributed by atoms with Gasteiger partial charge in [0.15, 0.2) is 0 Å². The summed E-state index contributed by atoms with van der Waals surface area (Å²) in [4.78, 5) is 0. The zero-order valence-corrected chi connectivity index (χ0v) is 13.5. The van der Waals surface area contributed by atoms with Gasteiger partial charge in [-0.05, 0) is 55.8 Å². The van der Waals surface area contributed by atoms with Crippen LogP contribution in [0.25, 0.3) is 0 Å². The summed E-state index contributed by atoms with van der Waals surface area (Å²) in [5.74, 6) is 1.58. The van der Waals surface area contributed by atoms with Crippen molar-refractivity contribution in [3.05, 3.63) is 34.9 Å². The predicted octanol–water partition coefficient (Wildman–Crippen LogP) is 4.44. The van der Waals surface area contributed by atoms with Crippen molar-refractivity contribution >= 4 is 11.6 Å². The summed E-state index contributed by atoms with van der Waals surface area (Å²) in [7, 11) is 1.96. The molecular weight excluding hydrogens is 270 g/mol. The van der Waals surface area contributed by atoms with Crippen molar-refractivity contribution in [2.75, 3.05) is 13.6 Å². The Morgan fingerprint density at radius 1 is 1.30 bits per heavy atom. The average molecular weight is 296 g/mol. The van der Waals surface area contributed by atoms with Gasteiger partial charge < -0.3 is 10.1 Å². The zero-order chi connectivity index (χ0) is 14.5. The second-order valence-electron chi connectivity index (χ2n) is 6.13. The Labute approximate surface area is 127 Å². The molecule has 1 saturated carbocycles. The summed E-state index contributed by atoms with van der Waals surface area (Å²) in [6.07, 6.45) is 4.07. The molecule has 1 aliphatic rings. The molecule has 2 nitrogen and oxygen atoms in total. The van der Waals surface area contributed by atoms with Crippen LogP contribution in [0.5, 0.6) is 0 Å². The van der Waals surface area contributed by atoms with E-state index in [0.29, 0.717) is 6.10 Å². The van der Waals surface area contributed by atoms with Gasteiger partial charge in [-0.1, -0.05) is 37.6 Å². The Balaban J connectivity index is 2.02. The van der Waals surface area contributed by atoms with Gasteiger partial charge in [0.2, 0.25) is 0 Å². The molecule has 0 amide bonds. The van der Waals surface area contributed by atoms with Crippen molar-refractivity contribution in [2.45, 2.75) is 45.3 Å². The lowest BCUT2D eigenvalue weighted by Crippen LogP contribution is -2.30. The highest BCUT2D eigenvalue weighted by Gasteiger charge is 2.27. The quantitative estimate of drug-likeness (QED) is 0.867. The van der Waals surface area contributed by atoms with Gasteiger partial charge in [0.1, 0.15) is 0 Å². The van der Waals surface area contributed by atoms with Crippen LogP contribution in [0.15, 0.2) is 24.3 Å². The second-order valence-corrected chi connectivity index (χ2v) is 6.56. The molecule has 1 N–H and O–H groups in total. The zero-order valence-electron chi connectivity index (χ0n) is 12.7. The van der Waals surface area contributed by atoms with Gasteiger partial charge in [-0.2, -0.15) is 0 Å². The third-order valence-electron chi connectivity index (χ3n) is 4.52. The van der Waals surface area contributed by atoms with E-state index in [1.165, 1.54) is 19.3 Å². The summed E-state index contributed by atoms with van der Waals surface area (Å²) in [6, 6.07) is 8.02. The van der Waals surface area contributed by atoms with Gasteiger partial charge in [0.25, 0.3) is 0 Å². The van der Waals surface area contributed by atoms with E-state index < -0.39 is 0 Å². The maximum atomic E-state index is 6.37. The lowest BCUT2D eigenvalue weighted by molar-refractivity contribution is -0.0474. The number of halogens is 1. The third kappa shape index (κ3) is 4.21. The van der Waals surface area contributed by atoms with E-state index in [9.17, 15) is 0 Å². The minimum atomic E-state index is 0.0873. The minimum absolute atomic E-state index is 0.0873. The van der Waals surface area contributed by atoms with Gasteiger partial charge >= 0.3 is 0 Å². The van der Waals surface area contributed by atoms with Crippen molar-refractivity contribution in [2.24, 2.45) is 11.8 Å². The number of nitrogens with one attached hydrogen (secondary N) is 1. The highest BCUT2D eigenvalue weighted by atomic mass is 35.5. The van der Waals surface area contributed by atoms with Crippen molar-refractivity contribution in [3.8, 4) is 0 Å². The molecule has 0 heterocycles. The number of ether oxygens (including phenoxy) is 1. The molecule has 0 saturated heterocycles. The molecule has 0 aromatic heterocycles. The number of rotatable bonds is 5. The number of hydrogen-bond donors (Lipinski definition) is 1. The molecule has 20 heavy (non-hydrogen) atoms. The third-order valence-corrected chi connectivity index (χ3v) is 4.75. The molecule has 1 fully saturated rings. The normalized spacial score (nSPS) is 28.3. The molecule has 1 aromatic carbocycles. The average Bonchev–Trinajstić information content (AvgIpc) is 2.42. The Morgan fingerprint density at radius 2 is 2.10 bits per heavy atom. The van der Waals surface area contributed by atoms with Gasteiger partial charge in [0.05, 0.1) is 12.2 Å². The van der Waals surface area contributed by atoms with E-state index in [0.717, 1.165) is 29.0 Å². The molecule has 4 atom stereocenters. The number of likely N-dealkylation sites (N-methyl/N-ethyl adjacent to an activating group) is 1. The lowest BCUT2D eigenvalue weighted by atomic mass is 9.80. The summed E-state index contributed by atoms with van der Waals surface area (Å²) in [5, 5.41) is 4.00. The number of hydrogen-bond acceptors (Lipinski definition) is 2. The minimum Gasteiger partial charge on any atom is -0.369 e. The smallest absolute Gasteiger partial charge is 0.0953 e. The topological polar surface area (TPSA) is 21.3 Å². The molecule has 2 rings (SSSR count). The predicted molar refractivity (Wildman–Crippen MR) is 85.2 cm³/mol. The molecule has 4 unspecified atom stereocenters. The Hall–Kier alpha value is -0.570. The standard InChI is InChI=1S/C17H26ClNO/c1-12-7-8-16(9-13(12)2)20-17(11-19-3)14-5-4-6-15(18)10-14/h4-6,10,12-13,16-17,19H,7-9,11H2,1-3H3. The molecular formula is C17H26ClNO. The van der Waals surface area contributed by atoms with Crippen molar-refractivity contribution in [3.63, 3.8) is 0 Å². The highest BCUT2D eigenvalue weighted by Crippen LogP contribution is 2.33. The van der Waals surface area contributed by atoms with Crippen LogP contribution in [0.1, 0.15) is 44.8 Å². The summed E-state index contributed by atoms with van der Waals surface area (Å²) in [5.41, 5.74) is 1.16. The molecule has 0 radical (unpaired) electrons. The van der Waals surface area contributed by atoms with Crippen molar-refractivity contribution < 1.29 is 4.74 Å². The highest BCUT2D eigenvalue weighted by molar-refractivity contribution is 6.30. The Morgan fingerprint density at radius 3 is 2.75 bits per heavy atom. The van der Waals surface area contributed by atoms with E-state index in [1.807, 2.05) is 25.2 Å². The molecule has 0 bridgehead atoms. The Bertz CT molecular complexity index is 423. The maximum Gasteiger partial charge on any atom is 0.0953 e. The van der Waals surface area contributed by atoms with E-state index in [4.69, 9.17) is 16.3 Å². The van der Waals surface area contributed by atoms with Crippen LogP contribution in [-0.4, -0.2) is 19.7 Å². The van der Waals surface area contributed by atoms with Gasteiger partial charge in [0, 0.05) is 11.6 Å². The van der Waals surface area contributed by atoms with Crippen LogP contribution >= 0.6 is 11.6 Å². The van der Waals surface area contributed by atoms with Crippen LogP contribution in [0, 0.1) is 11.8 Å². The number of benzene rings is 1. The molecule has 112 valence electrons. The first-order valence-electron chi connectivity index (χ1n) is 7.65. The SMILES string of the molecule is CNCC(OC1CCC(C)C(C)C1)c1cccc(Cl)c1. The van der Waals surface area contributed by atoms with Gasteiger partial charge in [-0.15, -0.1) is 0 Å². The summed E-state index contributed by atoms with van der Waals surface area (Å²) < 4.78 is 6.37. The van der Waals surface area contributed by atoms with Gasteiger partial charge in [-0.25, -0.2) is 0 Å². The van der Waals surface area contributed by atoms with Crippen LogP contribution in [0.3, 0.4) is 0 Å². The summed E-state index contributed by atoms with van der Waals surface area (Å²) in [6.45, 7) is 5.51. The van der Waals surface area contributed by atoms with Crippen LogP contribution < -0.4 is 5.32 Å². The summed E-state index contributed by atoms with van der Waals surface area (Å²) >= 11 is 6.10. The first-order valence-corrected chi connectivity index (χ1v) is 8.03.